The SMILES string of the molecule is O=C(COC(=O)[C@H]1CCOC1)c1c(-c2ccccc2)[nH]c2ccccc12. The molecule has 5 nitrogen and oxygen atoms in total. The third-order valence-corrected chi connectivity index (χ3v) is 4.66. The van der Waals surface area contributed by atoms with Gasteiger partial charge in [-0.05, 0) is 18.1 Å². The first kappa shape index (κ1) is 16.5. The van der Waals surface area contributed by atoms with E-state index in [1.165, 1.54) is 0 Å². The molecule has 2 aromatic carbocycles. The quantitative estimate of drug-likeness (QED) is 0.564. The largest absolute Gasteiger partial charge is 0.457 e. The zero-order valence-electron chi connectivity index (χ0n) is 14.2. The van der Waals surface area contributed by atoms with E-state index in [0.29, 0.717) is 25.2 Å². The third-order valence-electron chi connectivity index (χ3n) is 4.66. The first-order chi connectivity index (χ1) is 12.7. The van der Waals surface area contributed by atoms with Gasteiger partial charge in [-0.2, -0.15) is 0 Å². The van der Waals surface area contributed by atoms with Crippen LogP contribution in [0.2, 0.25) is 0 Å². The fourth-order valence-corrected chi connectivity index (χ4v) is 3.30. The van der Waals surface area contributed by atoms with Crippen LogP contribution in [-0.2, 0) is 14.3 Å². The number of carbonyl (C=O) groups excluding carboxylic acids is 2. The summed E-state index contributed by atoms with van der Waals surface area (Å²) in [7, 11) is 0. The summed E-state index contributed by atoms with van der Waals surface area (Å²) in [5, 5.41) is 0.830. The minimum absolute atomic E-state index is 0.214. The smallest absolute Gasteiger partial charge is 0.311 e. The molecule has 0 saturated carbocycles. The van der Waals surface area contributed by atoms with Gasteiger partial charge in [-0.1, -0.05) is 48.5 Å². The molecule has 0 bridgehead atoms. The topological polar surface area (TPSA) is 68.4 Å². The first-order valence-electron chi connectivity index (χ1n) is 8.68. The van der Waals surface area contributed by atoms with Gasteiger partial charge in [-0.25, -0.2) is 0 Å². The highest BCUT2D eigenvalue weighted by atomic mass is 16.5. The van der Waals surface area contributed by atoms with Crippen molar-refractivity contribution in [1.82, 2.24) is 4.98 Å². The van der Waals surface area contributed by atoms with Gasteiger partial charge in [-0.3, -0.25) is 9.59 Å². The Morgan fingerprint density at radius 2 is 1.85 bits per heavy atom. The summed E-state index contributed by atoms with van der Waals surface area (Å²) >= 11 is 0. The van der Waals surface area contributed by atoms with Crippen molar-refractivity contribution in [2.75, 3.05) is 19.8 Å². The average molecular weight is 349 g/mol. The highest BCUT2D eigenvalue weighted by molar-refractivity contribution is 6.14. The van der Waals surface area contributed by atoms with Crippen LogP contribution in [0.5, 0.6) is 0 Å². The number of nitrogens with one attached hydrogen (secondary N) is 1. The third kappa shape index (κ3) is 3.13. The zero-order valence-corrected chi connectivity index (χ0v) is 14.2. The zero-order chi connectivity index (χ0) is 17.9. The van der Waals surface area contributed by atoms with Crippen molar-refractivity contribution in [3.05, 3.63) is 60.2 Å². The van der Waals surface area contributed by atoms with E-state index in [-0.39, 0.29) is 24.3 Å². The molecule has 1 atom stereocenters. The number of aromatic nitrogens is 1. The number of benzene rings is 2. The molecule has 1 fully saturated rings. The standard InChI is InChI=1S/C21H19NO4/c23-18(13-26-21(24)15-10-11-25-12-15)19-16-8-4-5-9-17(16)22-20(19)14-6-2-1-3-7-14/h1-9,15,22H,10-13H2/t15-/m0/s1. The summed E-state index contributed by atoms with van der Waals surface area (Å²) in [4.78, 5) is 28.3. The molecule has 1 N–H and O–H groups in total. The van der Waals surface area contributed by atoms with E-state index in [9.17, 15) is 9.59 Å². The second kappa shape index (κ2) is 7.14. The highest BCUT2D eigenvalue weighted by Gasteiger charge is 2.27. The molecule has 0 aliphatic carbocycles. The molecular weight excluding hydrogens is 330 g/mol. The van der Waals surface area contributed by atoms with E-state index in [0.717, 1.165) is 22.2 Å². The van der Waals surface area contributed by atoms with Crippen molar-refractivity contribution >= 4 is 22.7 Å². The number of carbonyl (C=O) groups is 2. The van der Waals surface area contributed by atoms with Crippen molar-refractivity contribution in [1.29, 1.82) is 0 Å². The van der Waals surface area contributed by atoms with Gasteiger partial charge >= 0.3 is 5.97 Å². The van der Waals surface area contributed by atoms with Gasteiger partial charge in [0.2, 0.25) is 5.78 Å². The number of Topliss-reactive ketones (excluding diaryl/α,β-unsaturated/α-hetero) is 1. The van der Waals surface area contributed by atoms with Crippen LogP contribution in [0.4, 0.5) is 0 Å². The molecule has 4 rings (SSSR count). The second-order valence-corrected chi connectivity index (χ2v) is 6.38. The van der Waals surface area contributed by atoms with Crippen LogP contribution in [-0.4, -0.2) is 36.6 Å². The Morgan fingerprint density at radius 1 is 1.08 bits per heavy atom. The summed E-state index contributed by atoms with van der Waals surface area (Å²) in [6.45, 7) is 0.667. The Hall–Kier alpha value is -2.92. The van der Waals surface area contributed by atoms with Gasteiger partial charge in [0.15, 0.2) is 6.61 Å². The molecule has 0 spiro atoms. The average Bonchev–Trinajstić information content (AvgIpc) is 3.34. The minimum Gasteiger partial charge on any atom is -0.457 e. The van der Waals surface area contributed by atoms with Gasteiger partial charge in [0.25, 0.3) is 0 Å². The van der Waals surface area contributed by atoms with E-state index in [1.807, 2.05) is 54.6 Å². The van der Waals surface area contributed by atoms with Gasteiger partial charge in [0.05, 0.1) is 23.8 Å². The van der Waals surface area contributed by atoms with Gasteiger partial charge in [0, 0.05) is 17.5 Å². The fraction of sp³-hybridized carbons (Fsp3) is 0.238. The van der Waals surface area contributed by atoms with Gasteiger partial charge < -0.3 is 14.5 Å². The van der Waals surface area contributed by atoms with Crippen LogP contribution in [0.15, 0.2) is 54.6 Å². The molecule has 0 unspecified atom stereocenters. The molecule has 1 saturated heterocycles. The predicted molar refractivity (Wildman–Crippen MR) is 98.0 cm³/mol. The lowest BCUT2D eigenvalue weighted by Gasteiger charge is -2.09. The maximum atomic E-state index is 12.9. The maximum absolute atomic E-state index is 12.9. The number of ketones is 1. The molecular formula is C21H19NO4. The molecule has 1 aliphatic rings. The second-order valence-electron chi connectivity index (χ2n) is 6.38. The van der Waals surface area contributed by atoms with Crippen molar-refractivity contribution in [2.45, 2.75) is 6.42 Å². The number of ether oxygens (including phenoxy) is 2. The Labute approximate surface area is 150 Å². The molecule has 1 aliphatic heterocycles. The monoisotopic (exact) mass is 349 g/mol. The van der Waals surface area contributed by atoms with E-state index < -0.39 is 0 Å². The minimum atomic E-state index is -0.364. The van der Waals surface area contributed by atoms with Crippen LogP contribution in [0, 0.1) is 5.92 Å². The molecule has 1 aromatic heterocycles. The summed E-state index contributed by atoms with van der Waals surface area (Å²) in [6, 6.07) is 17.3. The lowest BCUT2D eigenvalue weighted by Crippen LogP contribution is -2.21. The Bertz CT molecular complexity index is 939. The van der Waals surface area contributed by atoms with Crippen molar-refractivity contribution in [2.24, 2.45) is 5.92 Å². The lowest BCUT2D eigenvalue weighted by molar-refractivity contribution is -0.147. The van der Waals surface area contributed by atoms with Crippen LogP contribution in [0.1, 0.15) is 16.8 Å². The molecule has 0 amide bonds. The summed E-state index contributed by atoms with van der Waals surface area (Å²) in [5.74, 6) is -0.843. The number of rotatable bonds is 5. The lowest BCUT2D eigenvalue weighted by atomic mass is 10.0. The molecule has 3 aromatic rings. The number of esters is 1. The number of hydrogen-bond acceptors (Lipinski definition) is 4. The molecule has 0 radical (unpaired) electrons. The molecule has 132 valence electrons. The summed E-state index contributed by atoms with van der Waals surface area (Å²) in [6.07, 6.45) is 0.648. The van der Waals surface area contributed by atoms with E-state index >= 15 is 0 Å². The number of hydrogen-bond donors (Lipinski definition) is 1. The summed E-state index contributed by atoms with van der Waals surface area (Å²) < 4.78 is 10.5. The summed E-state index contributed by atoms with van der Waals surface area (Å²) in [5.41, 5.74) is 3.10. The fourth-order valence-electron chi connectivity index (χ4n) is 3.30. The molecule has 26 heavy (non-hydrogen) atoms. The molecule has 5 heteroatoms. The van der Waals surface area contributed by atoms with E-state index in [2.05, 4.69) is 4.98 Å². The van der Waals surface area contributed by atoms with Crippen LogP contribution in [0.3, 0.4) is 0 Å². The number of H-pyrrole nitrogens is 1. The maximum Gasteiger partial charge on any atom is 0.311 e. The Morgan fingerprint density at radius 3 is 2.62 bits per heavy atom. The van der Waals surface area contributed by atoms with E-state index in [1.54, 1.807) is 0 Å². The van der Waals surface area contributed by atoms with Crippen LogP contribution >= 0.6 is 0 Å². The number of fused-ring (bicyclic) bond motifs is 1. The number of para-hydroxylation sites is 1. The van der Waals surface area contributed by atoms with Crippen LogP contribution < -0.4 is 0 Å². The van der Waals surface area contributed by atoms with E-state index in [4.69, 9.17) is 9.47 Å². The van der Waals surface area contributed by atoms with Gasteiger partial charge in [-0.15, -0.1) is 0 Å². The number of aromatic amines is 1. The Kier molecular flexibility index (Phi) is 4.54. The molecule has 2 heterocycles. The first-order valence-corrected chi connectivity index (χ1v) is 8.68. The Balaban J connectivity index is 1.64. The van der Waals surface area contributed by atoms with Crippen molar-refractivity contribution < 1.29 is 19.1 Å². The highest BCUT2D eigenvalue weighted by Crippen LogP contribution is 2.30. The normalized spacial score (nSPS) is 16.7. The van der Waals surface area contributed by atoms with Crippen molar-refractivity contribution in [3.8, 4) is 11.3 Å². The van der Waals surface area contributed by atoms with Crippen molar-refractivity contribution in [3.63, 3.8) is 0 Å². The van der Waals surface area contributed by atoms with Gasteiger partial charge in [0.1, 0.15) is 0 Å². The van der Waals surface area contributed by atoms with Crippen LogP contribution in [0.25, 0.3) is 22.2 Å². The predicted octanol–water partition coefficient (Wildman–Crippen LogP) is 3.60.